The van der Waals surface area contributed by atoms with Gasteiger partial charge in [0.2, 0.25) is 11.7 Å². The molecular weight excluding hydrogens is 395 g/mol. The molecule has 156 valence electrons. The van der Waals surface area contributed by atoms with Crippen LogP contribution < -0.4 is 4.90 Å². The smallest absolute Gasteiger partial charge is 0.232 e. The largest absolute Gasteiger partial charge is 0.355 e. The Morgan fingerprint density at radius 1 is 1.16 bits per heavy atom. The maximum absolute atomic E-state index is 14.2. The first kappa shape index (κ1) is 18.2. The van der Waals surface area contributed by atoms with Crippen molar-refractivity contribution in [2.24, 2.45) is 0 Å². The molecule has 0 N–H and O–H groups in total. The number of nitrogens with zero attached hydrogens (tertiary/aromatic N) is 6. The summed E-state index contributed by atoms with van der Waals surface area (Å²) in [6, 6.07) is 10.5. The molecular formula is C23H21FN6O. The minimum absolute atomic E-state index is 0.00813. The average Bonchev–Trinajstić information content (AvgIpc) is 3.18. The number of imidazole rings is 1. The summed E-state index contributed by atoms with van der Waals surface area (Å²) >= 11 is 0. The third kappa shape index (κ3) is 2.85. The molecule has 0 spiro atoms. The highest BCUT2D eigenvalue weighted by atomic mass is 19.1. The highest BCUT2D eigenvalue weighted by molar-refractivity contribution is 5.70. The fourth-order valence-electron chi connectivity index (χ4n) is 4.26. The monoisotopic (exact) mass is 416 g/mol. The highest BCUT2D eigenvalue weighted by Gasteiger charge is 2.45. The van der Waals surface area contributed by atoms with Gasteiger partial charge in [0, 0.05) is 11.6 Å². The lowest BCUT2D eigenvalue weighted by atomic mass is 10.0. The molecule has 1 fully saturated rings. The SMILES string of the molecule is CC1c2c(-c3noc(C4(C)CC4)n3)ncn2-c2ccc(F)cc2N1Cc1ccccn1. The molecule has 1 aliphatic heterocycles. The Hall–Kier alpha value is -3.55. The molecule has 31 heavy (non-hydrogen) atoms. The van der Waals surface area contributed by atoms with E-state index in [-0.39, 0.29) is 17.3 Å². The van der Waals surface area contributed by atoms with E-state index in [1.54, 1.807) is 24.7 Å². The van der Waals surface area contributed by atoms with Crippen molar-refractivity contribution < 1.29 is 8.91 Å². The number of hydrogen-bond donors (Lipinski definition) is 0. The van der Waals surface area contributed by atoms with Crippen molar-refractivity contribution in [3.05, 3.63) is 72.0 Å². The summed E-state index contributed by atoms with van der Waals surface area (Å²) in [5.41, 5.74) is 4.20. The molecule has 0 amide bonds. The van der Waals surface area contributed by atoms with E-state index in [4.69, 9.17) is 4.52 Å². The van der Waals surface area contributed by atoms with Gasteiger partial charge in [0.1, 0.15) is 17.8 Å². The Kier molecular flexibility index (Phi) is 3.81. The molecule has 1 aromatic carbocycles. The number of halogens is 1. The summed E-state index contributed by atoms with van der Waals surface area (Å²) < 4.78 is 21.8. The number of pyridine rings is 1. The molecule has 8 heteroatoms. The van der Waals surface area contributed by atoms with E-state index in [0.29, 0.717) is 24.0 Å². The summed E-state index contributed by atoms with van der Waals surface area (Å²) in [5.74, 6) is 0.883. The van der Waals surface area contributed by atoms with E-state index in [2.05, 4.69) is 38.9 Å². The molecule has 1 atom stereocenters. The number of rotatable bonds is 4. The maximum atomic E-state index is 14.2. The molecule has 0 bridgehead atoms. The van der Waals surface area contributed by atoms with E-state index in [0.717, 1.165) is 35.6 Å². The summed E-state index contributed by atoms with van der Waals surface area (Å²) in [5, 5.41) is 4.23. The minimum Gasteiger partial charge on any atom is -0.355 e. The Morgan fingerprint density at radius 3 is 2.81 bits per heavy atom. The lowest BCUT2D eigenvalue weighted by Crippen LogP contribution is -2.33. The zero-order valence-corrected chi connectivity index (χ0v) is 17.3. The predicted octanol–water partition coefficient (Wildman–Crippen LogP) is 4.59. The lowest BCUT2D eigenvalue weighted by Gasteiger charge is -2.37. The second kappa shape index (κ2) is 6.47. The van der Waals surface area contributed by atoms with Crippen LogP contribution >= 0.6 is 0 Å². The third-order valence-corrected chi connectivity index (χ3v) is 6.39. The van der Waals surface area contributed by atoms with Crippen LogP contribution in [-0.4, -0.2) is 24.7 Å². The summed E-state index contributed by atoms with van der Waals surface area (Å²) in [6.45, 7) is 4.75. The van der Waals surface area contributed by atoms with Crippen LogP contribution in [0.15, 0.2) is 53.4 Å². The zero-order valence-electron chi connectivity index (χ0n) is 17.3. The van der Waals surface area contributed by atoms with Crippen molar-refractivity contribution >= 4 is 5.69 Å². The van der Waals surface area contributed by atoms with E-state index < -0.39 is 0 Å². The standard InChI is InChI=1S/C23H21FN6O/c1-14-20-19(21-27-22(31-28-21)23(2)8-9-23)26-13-30(20)17-7-6-15(24)11-18(17)29(14)12-16-5-3-4-10-25-16/h3-7,10-11,13-14H,8-9,12H2,1-2H3. The molecule has 6 rings (SSSR count). The predicted molar refractivity (Wildman–Crippen MR) is 112 cm³/mol. The fraction of sp³-hybridized carbons (Fsp3) is 0.304. The number of anilines is 1. The van der Waals surface area contributed by atoms with Crippen LogP contribution in [0.25, 0.3) is 17.2 Å². The van der Waals surface area contributed by atoms with Crippen LogP contribution in [0.1, 0.15) is 50.0 Å². The quantitative estimate of drug-likeness (QED) is 0.485. The van der Waals surface area contributed by atoms with Crippen molar-refractivity contribution in [1.29, 1.82) is 0 Å². The van der Waals surface area contributed by atoms with E-state index >= 15 is 0 Å². The number of aromatic nitrogens is 5. The van der Waals surface area contributed by atoms with Gasteiger partial charge in [-0.1, -0.05) is 18.1 Å². The molecule has 4 aromatic rings. The molecule has 4 heterocycles. The van der Waals surface area contributed by atoms with E-state index in [1.807, 2.05) is 22.8 Å². The summed E-state index contributed by atoms with van der Waals surface area (Å²) in [6.07, 6.45) is 5.64. The number of hydrogen-bond acceptors (Lipinski definition) is 6. The van der Waals surface area contributed by atoms with Gasteiger partial charge in [-0.15, -0.1) is 0 Å². The summed E-state index contributed by atoms with van der Waals surface area (Å²) in [7, 11) is 0. The van der Waals surface area contributed by atoms with Crippen molar-refractivity contribution in [2.75, 3.05) is 4.90 Å². The van der Waals surface area contributed by atoms with Crippen LogP contribution in [0, 0.1) is 5.82 Å². The van der Waals surface area contributed by atoms with Gasteiger partial charge in [0.15, 0.2) is 0 Å². The molecule has 7 nitrogen and oxygen atoms in total. The number of fused-ring (bicyclic) bond motifs is 3. The number of benzene rings is 1. The topological polar surface area (TPSA) is 72.9 Å². The molecule has 0 radical (unpaired) electrons. The Morgan fingerprint density at radius 2 is 2.03 bits per heavy atom. The van der Waals surface area contributed by atoms with Crippen LogP contribution in [0.4, 0.5) is 10.1 Å². The lowest BCUT2D eigenvalue weighted by molar-refractivity contribution is 0.353. The molecule has 3 aromatic heterocycles. The van der Waals surface area contributed by atoms with Gasteiger partial charge in [-0.05, 0) is 50.1 Å². The average molecular weight is 416 g/mol. The Balaban J connectivity index is 1.48. The van der Waals surface area contributed by atoms with E-state index in [1.165, 1.54) is 6.07 Å². The van der Waals surface area contributed by atoms with Crippen molar-refractivity contribution in [3.63, 3.8) is 0 Å². The van der Waals surface area contributed by atoms with Gasteiger partial charge in [0.05, 0.1) is 35.3 Å². The second-order valence-electron chi connectivity index (χ2n) is 8.59. The van der Waals surface area contributed by atoms with Gasteiger partial charge >= 0.3 is 0 Å². The Labute approximate surface area is 178 Å². The molecule has 1 aliphatic carbocycles. The highest BCUT2D eigenvalue weighted by Crippen LogP contribution is 2.48. The van der Waals surface area contributed by atoms with Gasteiger partial charge in [-0.3, -0.25) is 9.55 Å². The van der Waals surface area contributed by atoms with Crippen molar-refractivity contribution in [3.8, 4) is 17.2 Å². The van der Waals surface area contributed by atoms with Crippen LogP contribution in [0.2, 0.25) is 0 Å². The van der Waals surface area contributed by atoms with Crippen LogP contribution in [0.5, 0.6) is 0 Å². The Bertz CT molecular complexity index is 1280. The van der Waals surface area contributed by atoms with Gasteiger partial charge in [0.25, 0.3) is 0 Å². The maximum Gasteiger partial charge on any atom is 0.232 e. The molecule has 0 saturated heterocycles. The molecule has 1 unspecified atom stereocenters. The van der Waals surface area contributed by atoms with Crippen LogP contribution in [0.3, 0.4) is 0 Å². The first-order chi connectivity index (χ1) is 15.0. The normalized spacial score (nSPS) is 18.5. The second-order valence-corrected chi connectivity index (χ2v) is 8.59. The van der Waals surface area contributed by atoms with Crippen molar-refractivity contribution in [1.82, 2.24) is 24.7 Å². The molecule has 1 saturated carbocycles. The van der Waals surface area contributed by atoms with Gasteiger partial charge in [-0.2, -0.15) is 4.98 Å². The molecule has 2 aliphatic rings. The van der Waals surface area contributed by atoms with Crippen molar-refractivity contribution in [2.45, 2.75) is 44.7 Å². The summed E-state index contributed by atoms with van der Waals surface area (Å²) in [4.78, 5) is 15.9. The minimum atomic E-state index is -0.277. The van der Waals surface area contributed by atoms with Crippen LogP contribution in [-0.2, 0) is 12.0 Å². The van der Waals surface area contributed by atoms with Gasteiger partial charge in [-0.25, -0.2) is 9.37 Å². The third-order valence-electron chi connectivity index (χ3n) is 6.39. The van der Waals surface area contributed by atoms with Gasteiger partial charge < -0.3 is 9.42 Å². The first-order valence-electron chi connectivity index (χ1n) is 10.4. The fourth-order valence-corrected chi connectivity index (χ4v) is 4.26. The van der Waals surface area contributed by atoms with E-state index in [9.17, 15) is 4.39 Å². The first-order valence-corrected chi connectivity index (χ1v) is 10.4. The zero-order chi connectivity index (χ0) is 21.2.